The summed E-state index contributed by atoms with van der Waals surface area (Å²) in [6.45, 7) is 0. The molecule has 0 amide bonds. The first-order valence-corrected chi connectivity index (χ1v) is 5.07. The van der Waals surface area contributed by atoms with Gasteiger partial charge in [0, 0.05) is 18.0 Å². The second kappa shape index (κ2) is 5.22. The summed E-state index contributed by atoms with van der Waals surface area (Å²) in [5, 5.41) is 9.75. The van der Waals surface area contributed by atoms with Gasteiger partial charge in [0.1, 0.15) is 10.7 Å². The molecule has 2 aromatic rings. The van der Waals surface area contributed by atoms with Crippen LogP contribution in [0, 0.1) is 0 Å². The van der Waals surface area contributed by atoms with Crippen LogP contribution in [0.5, 0.6) is 0 Å². The third kappa shape index (κ3) is 2.88. The Bertz CT molecular complexity index is 581. The third-order valence-electron chi connectivity index (χ3n) is 1.88. The van der Waals surface area contributed by atoms with E-state index in [4.69, 9.17) is 11.6 Å². The second-order valence-corrected chi connectivity index (χ2v) is 3.46. The molecule has 0 aliphatic carbocycles. The zero-order chi connectivity index (χ0) is 12.1. The van der Waals surface area contributed by atoms with Crippen LogP contribution in [0.2, 0.25) is 5.02 Å². The molecule has 2 aromatic heterocycles. The fourth-order valence-electron chi connectivity index (χ4n) is 1.09. The molecule has 0 atom stereocenters. The highest BCUT2D eigenvalue weighted by atomic mass is 35.5. The normalized spacial score (nSPS) is 10.6. The van der Waals surface area contributed by atoms with E-state index < -0.39 is 5.56 Å². The fraction of sp³-hybridized carbons (Fsp3) is 0. The molecule has 17 heavy (non-hydrogen) atoms. The molecule has 0 aliphatic rings. The Labute approximate surface area is 101 Å². The van der Waals surface area contributed by atoms with Crippen LogP contribution in [0.3, 0.4) is 0 Å². The molecule has 7 heteroatoms. The Kier molecular flexibility index (Phi) is 3.46. The molecule has 0 bridgehead atoms. The topological polar surface area (TPSA) is 83.0 Å². The predicted octanol–water partition coefficient (Wildman–Crippen LogP) is 1.26. The number of hydrazone groups is 1. The van der Waals surface area contributed by atoms with Crippen molar-refractivity contribution >= 4 is 23.5 Å². The van der Waals surface area contributed by atoms with Gasteiger partial charge in [0.2, 0.25) is 0 Å². The molecule has 2 heterocycles. The largest absolute Gasteiger partial charge is 0.285 e. The van der Waals surface area contributed by atoms with Crippen LogP contribution >= 0.6 is 11.6 Å². The molecule has 2 rings (SSSR count). The van der Waals surface area contributed by atoms with Crippen LogP contribution in [-0.4, -0.2) is 21.4 Å². The van der Waals surface area contributed by atoms with Crippen molar-refractivity contribution in [2.24, 2.45) is 5.10 Å². The molecule has 0 aliphatic heterocycles. The summed E-state index contributed by atoms with van der Waals surface area (Å²) in [6.07, 6.45) is 6.26. The van der Waals surface area contributed by atoms with Gasteiger partial charge in [0.15, 0.2) is 0 Å². The molecule has 86 valence electrons. The van der Waals surface area contributed by atoms with Gasteiger partial charge in [-0.15, -0.1) is 0 Å². The molecular formula is C10H8ClN5O. The van der Waals surface area contributed by atoms with E-state index >= 15 is 0 Å². The van der Waals surface area contributed by atoms with Gasteiger partial charge in [0.25, 0.3) is 5.56 Å². The van der Waals surface area contributed by atoms with Crippen LogP contribution in [0.1, 0.15) is 5.56 Å². The number of hydrogen-bond acceptors (Lipinski definition) is 5. The summed E-state index contributed by atoms with van der Waals surface area (Å²) in [5.74, 6) is 0. The van der Waals surface area contributed by atoms with E-state index in [1.165, 1.54) is 6.20 Å². The van der Waals surface area contributed by atoms with E-state index in [0.717, 1.165) is 5.56 Å². The van der Waals surface area contributed by atoms with Crippen molar-refractivity contribution in [2.45, 2.75) is 0 Å². The van der Waals surface area contributed by atoms with Crippen molar-refractivity contribution < 1.29 is 0 Å². The highest BCUT2D eigenvalue weighted by Crippen LogP contribution is 2.13. The van der Waals surface area contributed by atoms with Crippen LogP contribution in [0.15, 0.2) is 40.6 Å². The van der Waals surface area contributed by atoms with Crippen LogP contribution in [-0.2, 0) is 0 Å². The van der Waals surface area contributed by atoms with E-state index in [9.17, 15) is 4.79 Å². The quantitative estimate of drug-likeness (QED) is 0.634. The number of anilines is 1. The minimum atomic E-state index is -0.465. The first kappa shape index (κ1) is 11.3. The predicted molar refractivity (Wildman–Crippen MR) is 65.3 cm³/mol. The molecule has 0 saturated heterocycles. The highest BCUT2D eigenvalue weighted by Gasteiger charge is 2.02. The Morgan fingerprint density at radius 1 is 1.47 bits per heavy atom. The minimum Gasteiger partial charge on any atom is -0.275 e. The van der Waals surface area contributed by atoms with Gasteiger partial charge in [-0.3, -0.25) is 15.2 Å². The van der Waals surface area contributed by atoms with Crippen molar-refractivity contribution in [3.63, 3.8) is 0 Å². The van der Waals surface area contributed by atoms with Crippen LogP contribution in [0.25, 0.3) is 0 Å². The third-order valence-corrected chi connectivity index (χ3v) is 2.25. The lowest BCUT2D eigenvalue weighted by Crippen LogP contribution is -2.10. The SMILES string of the molecule is O=c1[nH]ncc(N/N=C\c2cccnc2)c1Cl. The Morgan fingerprint density at radius 3 is 3.12 bits per heavy atom. The van der Waals surface area contributed by atoms with E-state index in [1.54, 1.807) is 24.7 Å². The average Bonchev–Trinajstić information content (AvgIpc) is 2.36. The van der Waals surface area contributed by atoms with E-state index in [1.807, 2.05) is 6.07 Å². The molecule has 0 unspecified atom stereocenters. The van der Waals surface area contributed by atoms with Gasteiger partial charge in [-0.1, -0.05) is 17.7 Å². The summed E-state index contributed by atoms with van der Waals surface area (Å²) in [7, 11) is 0. The lowest BCUT2D eigenvalue weighted by atomic mass is 10.3. The first-order valence-electron chi connectivity index (χ1n) is 4.69. The van der Waals surface area contributed by atoms with Gasteiger partial charge in [0.05, 0.1) is 12.4 Å². The summed E-state index contributed by atoms with van der Waals surface area (Å²) in [6, 6.07) is 3.64. The van der Waals surface area contributed by atoms with Crippen molar-refractivity contribution in [1.82, 2.24) is 15.2 Å². The van der Waals surface area contributed by atoms with Gasteiger partial charge in [-0.05, 0) is 6.07 Å². The molecule has 6 nitrogen and oxygen atoms in total. The maximum absolute atomic E-state index is 11.1. The van der Waals surface area contributed by atoms with E-state index in [0.29, 0.717) is 5.69 Å². The van der Waals surface area contributed by atoms with Gasteiger partial charge < -0.3 is 0 Å². The molecule has 2 N–H and O–H groups in total. The molecule has 0 aromatic carbocycles. The Morgan fingerprint density at radius 2 is 2.35 bits per heavy atom. The molecular weight excluding hydrogens is 242 g/mol. The van der Waals surface area contributed by atoms with Gasteiger partial charge in [-0.25, -0.2) is 5.10 Å². The number of pyridine rings is 1. The summed E-state index contributed by atoms with van der Waals surface area (Å²) in [4.78, 5) is 15.1. The van der Waals surface area contributed by atoms with E-state index in [-0.39, 0.29) is 5.02 Å². The van der Waals surface area contributed by atoms with Crippen molar-refractivity contribution in [3.8, 4) is 0 Å². The van der Waals surface area contributed by atoms with Crippen LogP contribution in [0.4, 0.5) is 5.69 Å². The number of H-pyrrole nitrogens is 1. The number of hydrogen-bond donors (Lipinski definition) is 2. The summed E-state index contributed by atoms with van der Waals surface area (Å²) < 4.78 is 0. The van der Waals surface area contributed by atoms with Crippen molar-refractivity contribution in [3.05, 3.63) is 51.7 Å². The molecule has 0 saturated carbocycles. The Balaban J connectivity index is 2.11. The molecule has 0 spiro atoms. The number of aromatic nitrogens is 3. The summed E-state index contributed by atoms with van der Waals surface area (Å²) >= 11 is 5.74. The fourth-order valence-corrected chi connectivity index (χ4v) is 1.22. The van der Waals surface area contributed by atoms with Crippen LogP contribution < -0.4 is 11.0 Å². The average molecular weight is 250 g/mol. The summed E-state index contributed by atoms with van der Waals surface area (Å²) in [5.41, 5.74) is 3.34. The Hall–Kier alpha value is -2.21. The number of rotatable bonds is 3. The lowest BCUT2D eigenvalue weighted by molar-refractivity contribution is 0.987. The maximum atomic E-state index is 11.1. The zero-order valence-corrected chi connectivity index (χ0v) is 9.35. The number of halogens is 1. The minimum absolute atomic E-state index is 0.0170. The standard InChI is InChI=1S/C10H8ClN5O/c11-9-8(6-14-16-10(9)17)15-13-5-7-2-1-3-12-4-7/h1-6H,(H2,15,16,17)/b13-5-. The number of nitrogens with one attached hydrogen (secondary N) is 2. The zero-order valence-electron chi connectivity index (χ0n) is 8.59. The smallest absolute Gasteiger partial charge is 0.275 e. The number of aromatic amines is 1. The monoisotopic (exact) mass is 249 g/mol. The maximum Gasteiger partial charge on any atom is 0.285 e. The first-order chi connectivity index (χ1) is 8.27. The lowest BCUT2D eigenvalue weighted by Gasteiger charge is -2.00. The van der Waals surface area contributed by atoms with Gasteiger partial charge >= 0.3 is 0 Å². The number of nitrogens with zero attached hydrogens (tertiary/aromatic N) is 3. The second-order valence-electron chi connectivity index (χ2n) is 3.08. The van der Waals surface area contributed by atoms with E-state index in [2.05, 4.69) is 25.7 Å². The highest BCUT2D eigenvalue weighted by molar-refractivity contribution is 6.32. The molecule has 0 fully saturated rings. The van der Waals surface area contributed by atoms with Gasteiger partial charge in [-0.2, -0.15) is 10.2 Å². The van der Waals surface area contributed by atoms with Crippen molar-refractivity contribution in [1.29, 1.82) is 0 Å². The van der Waals surface area contributed by atoms with Crippen molar-refractivity contribution in [2.75, 3.05) is 5.43 Å². The molecule has 0 radical (unpaired) electrons.